The lowest BCUT2D eigenvalue weighted by Crippen LogP contribution is -2.24. The molecule has 3 aromatic heterocycles. The molecule has 0 aliphatic heterocycles. The first kappa shape index (κ1) is 15.1. The molecule has 0 saturated heterocycles. The van der Waals surface area contributed by atoms with Crippen LogP contribution in [0.25, 0.3) is 11.1 Å². The number of anilines is 1. The second-order valence-corrected chi connectivity index (χ2v) is 7.00. The van der Waals surface area contributed by atoms with Crippen molar-refractivity contribution in [1.29, 1.82) is 0 Å². The Balaban J connectivity index is 1.68. The summed E-state index contributed by atoms with van der Waals surface area (Å²) in [7, 11) is 0. The van der Waals surface area contributed by atoms with Gasteiger partial charge in [0.05, 0.1) is 28.7 Å². The standard InChI is InChI=1S/C16H17N5O2S/c1-9-11(14(22)17-5-10-6-24-8-20-10)12-13(21-16(2)3-4-16)18-7-19-15(12)23-9/h6-8H,3-5H2,1-2H3,(H,17,22)(H,18,19,21). The highest BCUT2D eigenvalue weighted by atomic mass is 32.1. The van der Waals surface area contributed by atoms with E-state index in [1.807, 2.05) is 5.38 Å². The van der Waals surface area contributed by atoms with Gasteiger partial charge in [-0.1, -0.05) is 0 Å². The maximum absolute atomic E-state index is 12.7. The van der Waals surface area contributed by atoms with Crippen LogP contribution in [-0.4, -0.2) is 26.4 Å². The zero-order valence-electron chi connectivity index (χ0n) is 13.4. The highest BCUT2D eigenvalue weighted by Gasteiger charge is 2.38. The van der Waals surface area contributed by atoms with Gasteiger partial charge in [0, 0.05) is 10.9 Å². The normalized spacial score (nSPS) is 15.4. The number of carbonyl (C=O) groups excluding carboxylic acids is 1. The summed E-state index contributed by atoms with van der Waals surface area (Å²) in [5, 5.41) is 8.84. The van der Waals surface area contributed by atoms with E-state index in [4.69, 9.17) is 4.42 Å². The van der Waals surface area contributed by atoms with Crippen LogP contribution >= 0.6 is 11.3 Å². The van der Waals surface area contributed by atoms with Gasteiger partial charge >= 0.3 is 0 Å². The molecule has 4 rings (SSSR count). The maximum atomic E-state index is 12.7. The van der Waals surface area contributed by atoms with E-state index in [2.05, 4.69) is 32.5 Å². The Morgan fingerprint density at radius 1 is 1.38 bits per heavy atom. The fraction of sp³-hybridized carbons (Fsp3) is 0.375. The van der Waals surface area contributed by atoms with Gasteiger partial charge in [-0.15, -0.1) is 11.3 Å². The average Bonchev–Trinajstić information content (AvgIpc) is 2.98. The van der Waals surface area contributed by atoms with E-state index in [1.54, 1.807) is 12.4 Å². The molecule has 1 saturated carbocycles. The van der Waals surface area contributed by atoms with E-state index >= 15 is 0 Å². The number of hydrogen-bond donors (Lipinski definition) is 2. The quantitative estimate of drug-likeness (QED) is 0.740. The molecule has 1 aliphatic rings. The summed E-state index contributed by atoms with van der Waals surface area (Å²) in [6.45, 7) is 4.28. The smallest absolute Gasteiger partial charge is 0.255 e. The Morgan fingerprint density at radius 2 is 2.21 bits per heavy atom. The lowest BCUT2D eigenvalue weighted by Gasteiger charge is -2.13. The fourth-order valence-corrected chi connectivity index (χ4v) is 3.15. The fourth-order valence-electron chi connectivity index (χ4n) is 2.59. The Labute approximate surface area is 142 Å². The van der Waals surface area contributed by atoms with Crippen LogP contribution in [0.5, 0.6) is 0 Å². The molecular formula is C16H17N5O2S. The number of hydrogen-bond acceptors (Lipinski definition) is 7. The number of carbonyl (C=O) groups is 1. The molecular weight excluding hydrogens is 326 g/mol. The molecule has 0 aromatic carbocycles. The molecule has 3 aromatic rings. The predicted octanol–water partition coefficient (Wildman–Crippen LogP) is 2.88. The second kappa shape index (κ2) is 5.55. The Morgan fingerprint density at radius 3 is 2.92 bits per heavy atom. The van der Waals surface area contributed by atoms with E-state index in [9.17, 15) is 4.79 Å². The van der Waals surface area contributed by atoms with Gasteiger partial charge < -0.3 is 15.1 Å². The first-order chi connectivity index (χ1) is 11.6. The first-order valence-electron chi connectivity index (χ1n) is 7.73. The topological polar surface area (TPSA) is 92.9 Å². The van der Waals surface area contributed by atoms with E-state index < -0.39 is 0 Å². The number of amides is 1. The summed E-state index contributed by atoms with van der Waals surface area (Å²) in [5.41, 5.74) is 3.52. The average molecular weight is 343 g/mol. The molecule has 124 valence electrons. The number of thiazole rings is 1. The van der Waals surface area contributed by atoms with Crippen molar-refractivity contribution in [2.24, 2.45) is 0 Å². The molecule has 0 radical (unpaired) electrons. The molecule has 1 amide bonds. The van der Waals surface area contributed by atoms with E-state index in [0.29, 0.717) is 34.8 Å². The van der Waals surface area contributed by atoms with Gasteiger partial charge in [0.2, 0.25) is 5.71 Å². The SMILES string of the molecule is Cc1oc2ncnc(NC3(C)CC3)c2c1C(=O)NCc1cscn1. The van der Waals surface area contributed by atoms with Crippen LogP contribution in [0.15, 0.2) is 21.6 Å². The van der Waals surface area contributed by atoms with Crippen LogP contribution in [-0.2, 0) is 6.54 Å². The third-order valence-corrected chi connectivity index (χ3v) is 4.86. The van der Waals surface area contributed by atoms with Crippen molar-refractivity contribution < 1.29 is 9.21 Å². The number of aryl methyl sites for hydroxylation is 1. The van der Waals surface area contributed by atoms with Crippen LogP contribution in [0.4, 0.5) is 5.82 Å². The predicted molar refractivity (Wildman–Crippen MR) is 91.1 cm³/mol. The second-order valence-electron chi connectivity index (χ2n) is 6.28. The van der Waals surface area contributed by atoms with Crippen LogP contribution in [0.3, 0.4) is 0 Å². The Kier molecular flexibility index (Phi) is 3.49. The Hall–Kier alpha value is -2.48. The van der Waals surface area contributed by atoms with Gasteiger partial charge in [-0.3, -0.25) is 4.79 Å². The largest absolute Gasteiger partial charge is 0.442 e. The van der Waals surface area contributed by atoms with E-state index in [-0.39, 0.29) is 11.4 Å². The minimum atomic E-state index is -0.210. The summed E-state index contributed by atoms with van der Waals surface area (Å²) < 4.78 is 5.67. The van der Waals surface area contributed by atoms with Crippen molar-refractivity contribution >= 4 is 34.2 Å². The number of fused-ring (bicyclic) bond motifs is 1. The summed E-state index contributed by atoms with van der Waals surface area (Å²) in [5.74, 6) is 0.971. The van der Waals surface area contributed by atoms with Crippen molar-refractivity contribution in [3.05, 3.63) is 34.2 Å². The summed E-state index contributed by atoms with van der Waals surface area (Å²) in [6, 6.07) is 0. The zero-order chi connectivity index (χ0) is 16.7. The number of furan rings is 1. The van der Waals surface area contributed by atoms with Crippen LogP contribution in [0.1, 0.15) is 41.6 Å². The zero-order valence-corrected chi connectivity index (χ0v) is 14.2. The van der Waals surface area contributed by atoms with Crippen LogP contribution in [0.2, 0.25) is 0 Å². The number of rotatable bonds is 5. The Bertz CT molecular complexity index is 899. The summed E-state index contributed by atoms with van der Waals surface area (Å²) in [4.78, 5) is 25.3. The van der Waals surface area contributed by atoms with Gasteiger partial charge in [0.15, 0.2) is 0 Å². The third kappa shape index (κ3) is 2.73. The molecule has 0 unspecified atom stereocenters. The molecule has 1 aliphatic carbocycles. The first-order valence-corrected chi connectivity index (χ1v) is 8.67. The molecule has 0 spiro atoms. The molecule has 1 fully saturated rings. The van der Waals surface area contributed by atoms with Crippen molar-refractivity contribution in [2.45, 2.75) is 38.8 Å². The highest BCUT2D eigenvalue weighted by molar-refractivity contribution is 7.07. The number of aromatic nitrogens is 3. The lowest BCUT2D eigenvalue weighted by molar-refractivity contribution is 0.0950. The van der Waals surface area contributed by atoms with Crippen molar-refractivity contribution in [2.75, 3.05) is 5.32 Å². The van der Waals surface area contributed by atoms with Gasteiger partial charge in [-0.2, -0.15) is 0 Å². The molecule has 0 atom stereocenters. The maximum Gasteiger partial charge on any atom is 0.255 e. The molecule has 0 bridgehead atoms. The van der Waals surface area contributed by atoms with Gasteiger partial charge in [0.1, 0.15) is 17.9 Å². The van der Waals surface area contributed by atoms with E-state index in [0.717, 1.165) is 18.5 Å². The molecule has 24 heavy (non-hydrogen) atoms. The summed E-state index contributed by atoms with van der Waals surface area (Å²) in [6.07, 6.45) is 3.62. The van der Waals surface area contributed by atoms with Crippen LogP contribution in [0, 0.1) is 6.92 Å². The monoisotopic (exact) mass is 343 g/mol. The third-order valence-electron chi connectivity index (χ3n) is 4.23. The highest BCUT2D eigenvalue weighted by Crippen LogP contribution is 2.40. The minimum absolute atomic E-state index is 0.0425. The van der Waals surface area contributed by atoms with Crippen LogP contribution < -0.4 is 10.6 Å². The van der Waals surface area contributed by atoms with Gasteiger partial charge in [0.25, 0.3) is 5.91 Å². The molecule has 8 heteroatoms. The van der Waals surface area contributed by atoms with Crippen molar-refractivity contribution in [1.82, 2.24) is 20.3 Å². The number of nitrogens with zero attached hydrogens (tertiary/aromatic N) is 3. The summed E-state index contributed by atoms with van der Waals surface area (Å²) >= 11 is 1.50. The molecule has 2 N–H and O–H groups in total. The molecule has 3 heterocycles. The van der Waals surface area contributed by atoms with Gasteiger partial charge in [-0.25, -0.2) is 15.0 Å². The molecule has 7 nitrogen and oxygen atoms in total. The van der Waals surface area contributed by atoms with Gasteiger partial charge in [-0.05, 0) is 26.7 Å². The van der Waals surface area contributed by atoms with E-state index in [1.165, 1.54) is 17.7 Å². The van der Waals surface area contributed by atoms with Crippen molar-refractivity contribution in [3.63, 3.8) is 0 Å². The number of nitrogens with one attached hydrogen (secondary N) is 2. The lowest BCUT2D eigenvalue weighted by atomic mass is 10.1. The minimum Gasteiger partial charge on any atom is -0.442 e. The van der Waals surface area contributed by atoms with Crippen molar-refractivity contribution in [3.8, 4) is 0 Å².